The molecule has 140 valence electrons. The highest BCUT2D eigenvalue weighted by Crippen LogP contribution is 2.22. The number of methoxy groups -OCH3 is 1. The van der Waals surface area contributed by atoms with E-state index in [2.05, 4.69) is 25.6 Å². The predicted octanol–water partition coefficient (Wildman–Crippen LogP) is 2.95. The topological polar surface area (TPSA) is 92.2 Å². The minimum Gasteiger partial charge on any atom is -0.496 e. The summed E-state index contributed by atoms with van der Waals surface area (Å²) in [4.78, 5) is 13.4. The third kappa shape index (κ3) is 4.92. The van der Waals surface area contributed by atoms with E-state index in [1.165, 1.54) is 0 Å². The predicted molar refractivity (Wildman–Crippen MR) is 106 cm³/mol. The molecule has 0 saturated carbocycles. The van der Waals surface area contributed by atoms with Crippen molar-refractivity contribution in [3.05, 3.63) is 60.3 Å². The number of hydrogen-bond acceptors (Lipinski definition) is 7. The first-order valence-electron chi connectivity index (χ1n) is 8.73. The number of pyridine rings is 1. The first kappa shape index (κ1) is 18.6. The van der Waals surface area contributed by atoms with E-state index in [0.717, 1.165) is 17.0 Å². The molecule has 1 atom stereocenters. The molecule has 0 bridgehead atoms. The Morgan fingerprint density at radius 1 is 1.07 bits per heavy atom. The van der Waals surface area contributed by atoms with Crippen molar-refractivity contribution in [2.45, 2.75) is 19.5 Å². The van der Waals surface area contributed by atoms with Crippen molar-refractivity contribution in [1.82, 2.24) is 15.0 Å². The van der Waals surface area contributed by atoms with E-state index >= 15 is 0 Å². The van der Waals surface area contributed by atoms with Crippen molar-refractivity contribution in [3.63, 3.8) is 0 Å². The van der Waals surface area contributed by atoms with Crippen molar-refractivity contribution in [2.75, 3.05) is 24.4 Å². The van der Waals surface area contributed by atoms with Gasteiger partial charge in [-0.2, -0.15) is 4.98 Å². The maximum Gasteiger partial charge on any atom is 0.225 e. The molecule has 0 aliphatic carbocycles. The molecule has 27 heavy (non-hydrogen) atoms. The average molecular weight is 365 g/mol. The van der Waals surface area contributed by atoms with Gasteiger partial charge in [-0.15, -0.1) is 0 Å². The number of para-hydroxylation sites is 1. The molecule has 0 spiro atoms. The SMILES string of the molecule is COc1ccccc1CNc1cc(-c2ccccn2)nc(N[C@H](C)CO)n1. The molecule has 0 fully saturated rings. The van der Waals surface area contributed by atoms with E-state index in [9.17, 15) is 5.11 Å². The molecule has 3 aromatic rings. The molecule has 0 aliphatic heterocycles. The summed E-state index contributed by atoms with van der Waals surface area (Å²) in [5.41, 5.74) is 2.47. The summed E-state index contributed by atoms with van der Waals surface area (Å²) in [6.45, 7) is 2.40. The maximum absolute atomic E-state index is 9.30. The first-order chi connectivity index (χ1) is 13.2. The highest BCUT2D eigenvalue weighted by molar-refractivity contribution is 5.61. The third-order valence-electron chi connectivity index (χ3n) is 3.96. The van der Waals surface area contributed by atoms with Gasteiger partial charge in [-0.1, -0.05) is 24.3 Å². The molecule has 0 aliphatic rings. The van der Waals surface area contributed by atoms with Gasteiger partial charge >= 0.3 is 0 Å². The summed E-state index contributed by atoms with van der Waals surface area (Å²) < 4.78 is 5.39. The number of anilines is 2. The molecule has 0 radical (unpaired) electrons. The van der Waals surface area contributed by atoms with Crippen LogP contribution in [0, 0.1) is 0 Å². The smallest absolute Gasteiger partial charge is 0.225 e. The molecule has 3 rings (SSSR count). The molecular formula is C20H23N5O2. The molecule has 7 heteroatoms. The number of aliphatic hydroxyl groups is 1. The Kier molecular flexibility index (Phi) is 6.17. The largest absolute Gasteiger partial charge is 0.496 e. The molecule has 1 aromatic carbocycles. The number of aromatic nitrogens is 3. The molecule has 0 unspecified atom stereocenters. The van der Waals surface area contributed by atoms with E-state index < -0.39 is 0 Å². The summed E-state index contributed by atoms with van der Waals surface area (Å²) in [6, 6.07) is 15.2. The van der Waals surface area contributed by atoms with E-state index in [1.54, 1.807) is 13.3 Å². The van der Waals surface area contributed by atoms with Gasteiger partial charge in [-0.3, -0.25) is 4.98 Å². The van der Waals surface area contributed by atoms with E-state index in [0.29, 0.717) is 24.0 Å². The fourth-order valence-corrected chi connectivity index (χ4v) is 2.55. The van der Waals surface area contributed by atoms with Gasteiger partial charge in [0.2, 0.25) is 5.95 Å². The van der Waals surface area contributed by atoms with Crippen LogP contribution in [0.25, 0.3) is 11.4 Å². The van der Waals surface area contributed by atoms with Gasteiger partial charge in [0.1, 0.15) is 11.6 Å². The number of aliphatic hydroxyl groups excluding tert-OH is 1. The van der Waals surface area contributed by atoms with E-state index in [-0.39, 0.29) is 12.6 Å². The lowest BCUT2D eigenvalue weighted by atomic mass is 10.2. The minimum atomic E-state index is -0.161. The van der Waals surface area contributed by atoms with Crippen LogP contribution < -0.4 is 15.4 Å². The molecule has 7 nitrogen and oxygen atoms in total. The van der Waals surface area contributed by atoms with Crippen LogP contribution in [0.15, 0.2) is 54.7 Å². The fraction of sp³-hybridized carbons (Fsp3) is 0.250. The average Bonchev–Trinajstić information content (AvgIpc) is 2.72. The Morgan fingerprint density at radius 2 is 1.89 bits per heavy atom. The number of nitrogens with one attached hydrogen (secondary N) is 2. The van der Waals surface area contributed by atoms with Gasteiger partial charge in [-0.25, -0.2) is 4.98 Å². The number of rotatable bonds is 8. The van der Waals surface area contributed by atoms with Crippen molar-refractivity contribution >= 4 is 11.8 Å². The van der Waals surface area contributed by atoms with E-state index in [4.69, 9.17) is 4.74 Å². The van der Waals surface area contributed by atoms with Crippen molar-refractivity contribution in [3.8, 4) is 17.1 Å². The minimum absolute atomic E-state index is 0.0127. The summed E-state index contributed by atoms with van der Waals surface area (Å²) in [6.07, 6.45) is 1.73. The summed E-state index contributed by atoms with van der Waals surface area (Å²) in [5, 5.41) is 15.7. The van der Waals surface area contributed by atoms with Gasteiger partial charge in [-0.05, 0) is 25.1 Å². The molecule has 3 N–H and O–H groups in total. The molecule has 2 heterocycles. The Labute approximate surface area is 158 Å². The second kappa shape index (κ2) is 8.95. The number of ether oxygens (including phenoxy) is 1. The first-order valence-corrected chi connectivity index (χ1v) is 8.73. The zero-order valence-corrected chi connectivity index (χ0v) is 15.4. The Hall–Kier alpha value is -3.19. The van der Waals surface area contributed by atoms with Gasteiger partial charge in [0.25, 0.3) is 0 Å². The lowest BCUT2D eigenvalue weighted by Crippen LogP contribution is -2.21. The van der Waals surface area contributed by atoms with Crippen LogP contribution in [0.5, 0.6) is 5.75 Å². The van der Waals surface area contributed by atoms with Gasteiger partial charge in [0, 0.05) is 30.4 Å². The monoisotopic (exact) mass is 365 g/mol. The summed E-state index contributed by atoms with van der Waals surface area (Å²) >= 11 is 0. The van der Waals surface area contributed by atoms with Crippen molar-refractivity contribution < 1.29 is 9.84 Å². The van der Waals surface area contributed by atoms with Crippen LogP contribution in [0.1, 0.15) is 12.5 Å². The molecule has 2 aromatic heterocycles. The molecule has 0 saturated heterocycles. The Bertz CT molecular complexity index is 873. The lowest BCUT2D eigenvalue weighted by molar-refractivity contribution is 0.281. The molecule has 0 amide bonds. The maximum atomic E-state index is 9.30. The normalized spacial score (nSPS) is 11.7. The van der Waals surface area contributed by atoms with Crippen LogP contribution in [-0.4, -0.2) is 39.8 Å². The second-order valence-electron chi connectivity index (χ2n) is 6.07. The fourth-order valence-electron chi connectivity index (χ4n) is 2.55. The molecular weight excluding hydrogens is 342 g/mol. The zero-order chi connectivity index (χ0) is 19.1. The number of benzene rings is 1. The quantitative estimate of drug-likeness (QED) is 0.565. The van der Waals surface area contributed by atoms with Crippen molar-refractivity contribution in [1.29, 1.82) is 0 Å². The van der Waals surface area contributed by atoms with Crippen LogP contribution in [-0.2, 0) is 6.54 Å². The lowest BCUT2D eigenvalue weighted by Gasteiger charge is -2.14. The van der Waals surface area contributed by atoms with Crippen LogP contribution >= 0.6 is 0 Å². The number of hydrogen-bond donors (Lipinski definition) is 3. The zero-order valence-electron chi connectivity index (χ0n) is 15.4. The second-order valence-corrected chi connectivity index (χ2v) is 6.07. The van der Waals surface area contributed by atoms with Gasteiger partial charge in [0.15, 0.2) is 0 Å². The van der Waals surface area contributed by atoms with Crippen LogP contribution in [0.3, 0.4) is 0 Å². The Morgan fingerprint density at radius 3 is 2.63 bits per heavy atom. The standard InChI is InChI=1S/C20H23N5O2/c1-14(13-26)23-20-24-17(16-8-5-6-10-21-16)11-19(25-20)22-12-15-7-3-4-9-18(15)27-2/h3-11,14,26H,12-13H2,1-2H3,(H2,22,23,24,25)/t14-/m1/s1. The number of nitrogens with zero attached hydrogens (tertiary/aromatic N) is 3. The summed E-state index contributed by atoms with van der Waals surface area (Å²) in [7, 11) is 1.65. The highest BCUT2D eigenvalue weighted by atomic mass is 16.5. The van der Waals surface area contributed by atoms with Crippen molar-refractivity contribution in [2.24, 2.45) is 0 Å². The Balaban J connectivity index is 1.87. The van der Waals surface area contributed by atoms with Gasteiger partial charge < -0.3 is 20.5 Å². The highest BCUT2D eigenvalue weighted by Gasteiger charge is 2.10. The van der Waals surface area contributed by atoms with E-state index in [1.807, 2.05) is 55.5 Å². The summed E-state index contributed by atoms with van der Waals surface area (Å²) in [5.74, 6) is 1.91. The third-order valence-corrected chi connectivity index (χ3v) is 3.96. The van der Waals surface area contributed by atoms with Gasteiger partial charge in [0.05, 0.1) is 25.1 Å². The van der Waals surface area contributed by atoms with Crippen LogP contribution in [0.4, 0.5) is 11.8 Å². The van der Waals surface area contributed by atoms with Crippen LogP contribution in [0.2, 0.25) is 0 Å².